The molecule has 1 aromatic carbocycles. The summed E-state index contributed by atoms with van der Waals surface area (Å²) in [7, 11) is -3.90. The Kier molecular flexibility index (Phi) is 4.88. The second kappa shape index (κ2) is 7.32. The van der Waals surface area contributed by atoms with Crippen molar-refractivity contribution in [3.05, 3.63) is 70.2 Å². The number of benzene rings is 1. The van der Waals surface area contributed by atoms with Crippen LogP contribution in [0.3, 0.4) is 0 Å². The molecular formula is C20H18N2O3S2. The van der Waals surface area contributed by atoms with E-state index < -0.39 is 10.0 Å². The fourth-order valence-corrected chi connectivity index (χ4v) is 5.52. The fraction of sp³-hybridized carbons (Fsp3) is 0.200. The monoisotopic (exact) mass is 398 g/mol. The van der Waals surface area contributed by atoms with Crippen molar-refractivity contribution < 1.29 is 13.2 Å². The summed E-state index contributed by atoms with van der Waals surface area (Å²) in [5.41, 5.74) is 2.74. The van der Waals surface area contributed by atoms with Gasteiger partial charge in [0.1, 0.15) is 0 Å². The maximum Gasteiger partial charge on any atom is 0.285 e. The Balaban J connectivity index is 1.63. The van der Waals surface area contributed by atoms with E-state index in [0.717, 1.165) is 47.7 Å². The highest BCUT2D eigenvalue weighted by Gasteiger charge is 2.28. The van der Waals surface area contributed by atoms with Crippen molar-refractivity contribution in [1.29, 1.82) is 0 Å². The van der Waals surface area contributed by atoms with Gasteiger partial charge >= 0.3 is 0 Å². The molecule has 1 aromatic rings. The van der Waals surface area contributed by atoms with E-state index in [0.29, 0.717) is 11.3 Å². The van der Waals surface area contributed by atoms with Crippen LogP contribution in [0.2, 0.25) is 0 Å². The number of thioether (sulfide) groups is 1. The zero-order chi connectivity index (χ0) is 18.9. The molecule has 27 heavy (non-hydrogen) atoms. The number of carbonyl (C=O) groups is 1. The molecular weight excluding hydrogens is 380 g/mol. The molecule has 0 saturated carbocycles. The van der Waals surface area contributed by atoms with E-state index in [9.17, 15) is 13.2 Å². The number of amides is 1. The standard InChI is InChI=1S/C20H18N2O3S2/c23-19-17(13-14-7-2-1-3-8-14)26-20(21-19)22-27(24,25)18-12-6-10-15-9-4-5-11-16(15)18/h1-2,4,6-7,9-10,12-13H,3,5,8,11H2,(H,21,22,23)/b17-13-. The minimum Gasteiger partial charge on any atom is -0.300 e. The second-order valence-electron chi connectivity index (χ2n) is 6.41. The van der Waals surface area contributed by atoms with E-state index in [1.165, 1.54) is 0 Å². The molecule has 1 heterocycles. The molecule has 0 bridgehead atoms. The van der Waals surface area contributed by atoms with Crippen molar-refractivity contribution in [2.75, 3.05) is 0 Å². The lowest BCUT2D eigenvalue weighted by Gasteiger charge is -2.13. The Bertz CT molecular complexity index is 1060. The minimum absolute atomic E-state index is 0.0992. The highest BCUT2D eigenvalue weighted by atomic mass is 32.2. The van der Waals surface area contributed by atoms with Crippen LogP contribution in [0.5, 0.6) is 0 Å². The van der Waals surface area contributed by atoms with Gasteiger partial charge in [0.25, 0.3) is 15.9 Å². The summed E-state index contributed by atoms with van der Waals surface area (Å²) in [4.78, 5) is 12.9. The van der Waals surface area contributed by atoms with Gasteiger partial charge in [0.05, 0.1) is 9.80 Å². The van der Waals surface area contributed by atoms with Crippen molar-refractivity contribution in [3.63, 3.8) is 0 Å². The lowest BCUT2D eigenvalue weighted by molar-refractivity contribution is -0.115. The Morgan fingerprint density at radius 2 is 2.00 bits per heavy atom. The van der Waals surface area contributed by atoms with E-state index in [1.54, 1.807) is 18.2 Å². The van der Waals surface area contributed by atoms with Gasteiger partial charge in [0.15, 0.2) is 5.17 Å². The first-order chi connectivity index (χ1) is 13.0. The van der Waals surface area contributed by atoms with Gasteiger partial charge in [-0.3, -0.25) is 10.1 Å². The van der Waals surface area contributed by atoms with Crippen molar-refractivity contribution >= 4 is 38.9 Å². The number of hydrogen-bond donors (Lipinski definition) is 1. The van der Waals surface area contributed by atoms with Gasteiger partial charge in [-0.2, -0.15) is 8.42 Å². The van der Waals surface area contributed by atoms with Gasteiger partial charge in [-0.05, 0) is 66.3 Å². The molecule has 4 rings (SSSR count). The Morgan fingerprint density at radius 1 is 1.15 bits per heavy atom. The first-order valence-electron chi connectivity index (χ1n) is 8.73. The van der Waals surface area contributed by atoms with E-state index in [2.05, 4.69) is 15.8 Å². The zero-order valence-corrected chi connectivity index (χ0v) is 16.1. The van der Waals surface area contributed by atoms with Crippen LogP contribution in [0.15, 0.2) is 68.4 Å². The molecule has 1 amide bonds. The molecule has 0 aromatic heterocycles. The number of sulfonamides is 1. The van der Waals surface area contributed by atoms with Crippen molar-refractivity contribution in [2.24, 2.45) is 4.40 Å². The molecule has 138 valence electrons. The number of nitrogens with zero attached hydrogens (tertiary/aromatic N) is 1. The van der Waals surface area contributed by atoms with Gasteiger partial charge < -0.3 is 0 Å². The topological polar surface area (TPSA) is 75.6 Å². The smallest absolute Gasteiger partial charge is 0.285 e. The van der Waals surface area contributed by atoms with Gasteiger partial charge in [-0.1, -0.05) is 42.5 Å². The highest BCUT2D eigenvalue weighted by molar-refractivity contribution is 8.19. The van der Waals surface area contributed by atoms with Gasteiger partial charge in [0.2, 0.25) is 0 Å². The second-order valence-corrected chi connectivity index (χ2v) is 9.01. The quantitative estimate of drug-likeness (QED) is 0.788. The van der Waals surface area contributed by atoms with Crippen molar-refractivity contribution in [1.82, 2.24) is 5.32 Å². The molecule has 5 nitrogen and oxygen atoms in total. The van der Waals surface area contributed by atoms with Crippen molar-refractivity contribution in [3.8, 4) is 0 Å². The summed E-state index contributed by atoms with van der Waals surface area (Å²) >= 11 is 1.06. The maximum atomic E-state index is 12.8. The number of rotatable bonds is 3. The number of carbonyl (C=O) groups excluding carboxylic acids is 1. The Labute approximate surface area is 162 Å². The maximum absolute atomic E-state index is 12.8. The third-order valence-electron chi connectivity index (χ3n) is 4.52. The van der Waals surface area contributed by atoms with Crippen LogP contribution in [-0.4, -0.2) is 19.5 Å². The molecule has 1 saturated heterocycles. The van der Waals surface area contributed by atoms with Crippen LogP contribution in [-0.2, 0) is 21.2 Å². The molecule has 0 unspecified atom stereocenters. The molecule has 3 aliphatic rings. The normalized spacial score (nSPS) is 22.1. The van der Waals surface area contributed by atoms with Crippen LogP contribution in [0.4, 0.5) is 0 Å². The number of amidine groups is 1. The van der Waals surface area contributed by atoms with Crippen LogP contribution >= 0.6 is 11.8 Å². The molecule has 0 radical (unpaired) electrons. The van der Waals surface area contributed by atoms with Crippen LogP contribution in [0.1, 0.15) is 30.4 Å². The summed E-state index contributed by atoms with van der Waals surface area (Å²) in [6.45, 7) is 0. The number of nitrogens with one attached hydrogen (secondary N) is 1. The van der Waals surface area contributed by atoms with E-state index >= 15 is 0 Å². The first kappa shape index (κ1) is 18.0. The third kappa shape index (κ3) is 3.84. The average Bonchev–Trinajstić information content (AvgIpc) is 3.00. The molecule has 0 atom stereocenters. The molecule has 1 N–H and O–H groups in total. The molecule has 2 aliphatic carbocycles. The summed E-state index contributed by atoms with van der Waals surface area (Å²) in [5.74, 6) is -0.317. The fourth-order valence-electron chi connectivity index (χ4n) is 3.23. The minimum atomic E-state index is -3.90. The van der Waals surface area contributed by atoms with Crippen molar-refractivity contribution in [2.45, 2.75) is 30.6 Å². The van der Waals surface area contributed by atoms with E-state index in [4.69, 9.17) is 0 Å². The van der Waals surface area contributed by atoms with E-state index in [-0.39, 0.29) is 16.0 Å². The predicted octanol–water partition coefficient (Wildman–Crippen LogP) is 3.71. The highest BCUT2D eigenvalue weighted by Crippen LogP contribution is 2.31. The molecule has 0 spiro atoms. The molecule has 7 heteroatoms. The average molecular weight is 399 g/mol. The number of allylic oxidation sites excluding steroid dienone is 6. The predicted molar refractivity (Wildman–Crippen MR) is 109 cm³/mol. The van der Waals surface area contributed by atoms with E-state index in [1.807, 2.05) is 30.4 Å². The third-order valence-corrected chi connectivity index (χ3v) is 6.91. The van der Waals surface area contributed by atoms with Gasteiger partial charge in [0, 0.05) is 0 Å². The summed E-state index contributed by atoms with van der Waals surface area (Å²) in [6.07, 6.45) is 15.0. The SMILES string of the molecule is O=C1NC(=NS(=O)(=O)c2cccc3c2CCC=C3)S/C1=C\C1=CC=CCC1. The summed E-state index contributed by atoms with van der Waals surface area (Å²) in [6, 6.07) is 5.20. The Morgan fingerprint density at radius 3 is 2.81 bits per heavy atom. The number of fused-ring (bicyclic) bond motifs is 1. The molecule has 1 aliphatic heterocycles. The van der Waals surface area contributed by atoms with Crippen LogP contribution < -0.4 is 5.32 Å². The first-order valence-corrected chi connectivity index (χ1v) is 11.0. The van der Waals surface area contributed by atoms with Gasteiger partial charge in [-0.25, -0.2) is 0 Å². The number of hydrogen-bond acceptors (Lipinski definition) is 4. The van der Waals surface area contributed by atoms with Crippen LogP contribution in [0.25, 0.3) is 6.08 Å². The van der Waals surface area contributed by atoms with Crippen LogP contribution in [0, 0.1) is 0 Å². The zero-order valence-electron chi connectivity index (χ0n) is 14.5. The summed E-state index contributed by atoms with van der Waals surface area (Å²) < 4.78 is 29.6. The largest absolute Gasteiger partial charge is 0.300 e. The van der Waals surface area contributed by atoms with Gasteiger partial charge in [-0.15, -0.1) is 4.40 Å². The Hall–Kier alpha value is -2.38. The summed E-state index contributed by atoms with van der Waals surface area (Å²) in [5, 5.41) is 2.67. The lowest BCUT2D eigenvalue weighted by Crippen LogP contribution is -2.21. The lowest BCUT2D eigenvalue weighted by atomic mass is 9.98. The molecule has 1 fully saturated rings.